The Bertz CT molecular complexity index is 882. The molecule has 120 valence electrons. The number of halogens is 2. The van der Waals surface area contributed by atoms with E-state index in [9.17, 15) is 9.59 Å². The molecule has 1 fully saturated rings. The molecule has 2 aromatic rings. The van der Waals surface area contributed by atoms with Gasteiger partial charge in [-0.15, -0.1) is 0 Å². The number of carbonyl (C=O) groups excluding carboxylic acids is 2. The van der Waals surface area contributed by atoms with E-state index >= 15 is 0 Å². The van der Waals surface area contributed by atoms with E-state index in [-0.39, 0.29) is 5.91 Å². The molecule has 2 amide bonds. The monoisotopic (exact) mass is 404 g/mol. The third-order valence-electron chi connectivity index (χ3n) is 4.05. The Kier molecular flexibility index (Phi) is 3.66. The van der Waals surface area contributed by atoms with E-state index in [1.165, 1.54) is 0 Å². The zero-order valence-corrected chi connectivity index (χ0v) is 14.5. The molecule has 24 heavy (non-hydrogen) atoms. The van der Waals surface area contributed by atoms with Crippen molar-refractivity contribution in [2.45, 2.75) is 6.10 Å². The van der Waals surface area contributed by atoms with Crippen molar-refractivity contribution in [2.24, 2.45) is 11.1 Å². The molecule has 2 atom stereocenters. The van der Waals surface area contributed by atoms with Gasteiger partial charge in [-0.1, -0.05) is 50.9 Å². The van der Waals surface area contributed by atoms with E-state index in [1.807, 2.05) is 0 Å². The zero-order valence-electron chi connectivity index (χ0n) is 12.1. The van der Waals surface area contributed by atoms with Crippen LogP contribution in [0.2, 0.25) is 5.02 Å². The van der Waals surface area contributed by atoms with Gasteiger partial charge in [-0.25, -0.2) is 4.90 Å². The van der Waals surface area contributed by atoms with Crippen molar-refractivity contribution in [1.29, 1.82) is 0 Å². The summed E-state index contributed by atoms with van der Waals surface area (Å²) in [5.41, 5.74) is 1.50. The van der Waals surface area contributed by atoms with Crippen LogP contribution < -0.4 is 4.90 Å². The third kappa shape index (κ3) is 2.25. The molecule has 2 unspecified atom stereocenters. The predicted molar refractivity (Wildman–Crippen MR) is 93.0 cm³/mol. The van der Waals surface area contributed by atoms with Crippen LogP contribution in [0.4, 0.5) is 5.69 Å². The highest BCUT2D eigenvalue weighted by molar-refractivity contribution is 9.10. The van der Waals surface area contributed by atoms with Crippen LogP contribution in [-0.2, 0) is 14.4 Å². The number of nitrogens with zero attached hydrogens (tertiary/aromatic N) is 2. The van der Waals surface area contributed by atoms with Gasteiger partial charge in [0.05, 0.1) is 5.69 Å². The summed E-state index contributed by atoms with van der Waals surface area (Å²) in [4.78, 5) is 31.9. The summed E-state index contributed by atoms with van der Waals surface area (Å²) in [5.74, 6) is -1.55. The molecule has 1 saturated heterocycles. The van der Waals surface area contributed by atoms with Crippen molar-refractivity contribution >= 4 is 50.7 Å². The maximum atomic E-state index is 12.9. The van der Waals surface area contributed by atoms with Gasteiger partial charge in [0, 0.05) is 15.1 Å². The highest BCUT2D eigenvalue weighted by Gasteiger charge is 2.56. The Hall–Kier alpha value is -2.18. The fourth-order valence-electron chi connectivity index (χ4n) is 2.91. The van der Waals surface area contributed by atoms with E-state index in [0.717, 1.165) is 9.37 Å². The lowest BCUT2D eigenvalue weighted by Crippen LogP contribution is -2.33. The first-order chi connectivity index (χ1) is 11.6. The van der Waals surface area contributed by atoms with Gasteiger partial charge >= 0.3 is 0 Å². The van der Waals surface area contributed by atoms with Crippen LogP contribution in [0.3, 0.4) is 0 Å². The Balaban J connectivity index is 1.73. The van der Waals surface area contributed by atoms with Crippen LogP contribution in [0.25, 0.3) is 0 Å². The van der Waals surface area contributed by atoms with E-state index in [0.29, 0.717) is 22.0 Å². The second kappa shape index (κ2) is 5.72. The van der Waals surface area contributed by atoms with Crippen molar-refractivity contribution in [2.75, 3.05) is 4.90 Å². The van der Waals surface area contributed by atoms with Crippen LogP contribution in [0, 0.1) is 5.92 Å². The minimum atomic E-state index is -0.938. The normalized spacial score (nSPS) is 22.4. The standard InChI is InChI=1S/C17H10BrClN2O3/c18-9-5-7-10(8-6-9)21-16(22)13-14(20-24-15(13)17(21)23)11-3-1-2-4-12(11)19/h1-8,13,15H. The van der Waals surface area contributed by atoms with Crippen LogP contribution in [0.5, 0.6) is 0 Å². The van der Waals surface area contributed by atoms with Gasteiger partial charge in [0.2, 0.25) is 12.0 Å². The van der Waals surface area contributed by atoms with Gasteiger partial charge in [-0.3, -0.25) is 9.59 Å². The molecule has 5 nitrogen and oxygen atoms in total. The number of oxime groups is 1. The van der Waals surface area contributed by atoms with Gasteiger partial charge < -0.3 is 4.84 Å². The number of rotatable bonds is 2. The molecule has 0 N–H and O–H groups in total. The van der Waals surface area contributed by atoms with E-state index in [2.05, 4.69) is 21.1 Å². The SMILES string of the molecule is O=C1C2ON=C(c3ccccc3Cl)C2C(=O)N1c1ccc(Br)cc1. The first kappa shape index (κ1) is 15.4. The second-order valence-electron chi connectivity index (χ2n) is 5.45. The highest BCUT2D eigenvalue weighted by Crippen LogP contribution is 2.36. The Morgan fingerprint density at radius 1 is 1.04 bits per heavy atom. The first-order valence-electron chi connectivity index (χ1n) is 7.20. The summed E-state index contributed by atoms with van der Waals surface area (Å²) in [6, 6.07) is 14.0. The lowest BCUT2D eigenvalue weighted by atomic mass is 9.94. The summed E-state index contributed by atoms with van der Waals surface area (Å²) in [5, 5.41) is 4.41. The van der Waals surface area contributed by atoms with Crippen LogP contribution in [0.1, 0.15) is 5.56 Å². The molecule has 0 aliphatic carbocycles. The zero-order chi connectivity index (χ0) is 16.8. The lowest BCUT2D eigenvalue weighted by molar-refractivity contribution is -0.126. The molecule has 2 aliphatic heterocycles. The third-order valence-corrected chi connectivity index (χ3v) is 4.91. The van der Waals surface area contributed by atoms with Gasteiger partial charge in [0.25, 0.3) is 5.91 Å². The molecule has 0 radical (unpaired) electrons. The second-order valence-corrected chi connectivity index (χ2v) is 6.77. The van der Waals surface area contributed by atoms with Crippen molar-refractivity contribution in [3.8, 4) is 0 Å². The average Bonchev–Trinajstić information content (AvgIpc) is 3.10. The van der Waals surface area contributed by atoms with Crippen LogP contribution >= 0.6 is 27.5 Å². The Morgan fingerprint density at radius 3 is 2.46 bits per heavy atom. The first-order valence-corrected chi connectivity index (χ1v) is 8.37. The fraction of sp³-hybridized carbons (Fsp3) is 0.118. The van der Waals surface area contributed by atoms with E-state index < -0.39 is 17.9 Å². The number of hydrogen-bond acceptors (Lipinski definition) is 4. The highest BCUT2D eigenvalue weighted by atomic mass is 79.9. The maximum Gasteiger partial charge on any atom is 0.278 e. The number of benzene rings is 2. The summed E-state index contributed by atoms with van der Waals surface area (Å²) >= 11 is 9.53. The number of imide groups is 1. The smallest absolute Gasteiger partial charge is 0.278 e. The number of carbonyl (C=O) groups is 2. The molecule has 0 bridgehead atoms. The number of amides is 2. The van der Waals surface area contributed by atoms with Gasteiger partial charge in [0.15, 0.2) is 0 Å². The molecule has 2 aliphatic rings. The molecule has 7 heteroatoms. The predicted octanol–water partition coefficient (Wildman–Crippen LogP) is 3.40. The van der Waals surface area contributed by atoms with Crippen molar-refractivity contribution < 1.29 is 14.4 Å². The molecule has 0 aromatic heterocycles. The summed E-state index contributed by atoms with van der Waals surface area (Å²) in [6.07, 6.45) is -0.938. The summed E-state index contributed by atoms with van der Waals surface area (Å²) in [7, 11) is 0. The largest absolute Gasteiger partial charge is 0.381 e. The maximum absolute atomic E-state index is 12.9. The molecular formula is C17H10BrClN2O3. The number of fused-ring (bicyclic) bond motifs is 1. The van der Waals surface area contributed by atoms with Gasteiger partial charge in [-0.05, 0) is 30.3 Å². The Morgan fingerprint density at radius 2 is 1.75 bits per heavy atom. The molecular weight excluding hydrogens is 396 g/mol. The topological polar surface area (TPSA) is 59.0 Å². The summed E-state index contributed by atoms with van der Waals surface area (Å²) < 4.78 is 0.861. The van der Waals surface area contributed by atoms with Crippen molar-refractivity contribution in [3.05, 3.63) is 63.6 Å². The number of anilines is 1. The molecule has 4 rings (SSSR count). The quantitative estimate of drug-likeness (QED) is 0.720. The summed E-state index contributed by atoms with van der Waals surface area (Å²) in [6.45, 7) is 0. The van der Waals surface area contributed by atoms with E-state index in [1.54, 1.807) is 48.5 Å². The van der Waals surface area contributed by atoms with Crippen molar-refractivity contribution in [1.82, 2.24) is 0 Å². The average molecular weight is 406 g/mol. The molecule has 0 spiro atoms. The van der Waals surface area contributed by atoms with Crippen LogP contribution in [0.15, 0.2) is 58.2 Å². The van der Waals surface area contributed by atoms with Gasteiger partial charge in [0.1, 0.15) is 11.6 Å². The number of hydrogen-bond donors (Lipinski definition) is 0. The van der Waals surface area contributed by atoms with E-state index in [4.69, 9.17) is 16.4 Å². The van der Waals surface area contributed by atoms with Gasteiger partial charge in [-0.2, -0.15) is 0 Å². The lowest BCUT2D eigenvalue weighted by Gasteiger charge is -2.15. The molecule has 2 heterocycles. The Labute approximate surface area is 151 Å². The minimum absolute atomic E-state index is 0.358. The molecule has 0 saturated carbocycles. The van der Waals surface area contributed by atoms with Crippen molar-refractivity contribution in [3.63, 3.8) is 0 Å². The van der Waals surface area contributed by atoms with Crippen LogP contribution in [-0.4, -0.2) is 23.6 Å². The minimum Gasteiger partial charge on any atom is -0.381 e. The fourth-order valence-corrected chi connectivity index (χ4v) is 3.41. The molecule has 2 aromatic carbocycles.